The molecule has 1 aliphatic heterocycles. The van der Waals surface area contributed by atoms with E-state index in [1.165, 1.54) is 12.3 Å². The summed E-state index contributed by atoms with van der Waals surface area (Å²) in [5.41, 5.74) is 5.55. The minimum atomic E-state index is -5.65. The van der Waals surface area contributed by atoms with Gasteiger partial charge < -0.3 is 35.2 Å². The molecule has 2 heterocycles. The second-order valence-corrected chi connectivity index (χ2v) is 10.2. The predicted molar refractivity (Wildman–Crippen MR) is 92.9 cm³/mol. The summed E-state index contributed by atoms with van der Waals surface area (Å²) in [7, 11) is -16.5. The molecule has 7 N–H and O–H groups in total. The monoisotopic (exact) mass is 480 g/mol. The number of aromatic nitrogens is 1. The number of phosphoric ester groups is 1. The summed E-state index contributed by atoms with van der Waals surface area (Å²) in [5, 5.41) is 10.0. The van der Waals surface area contributed by atoms with Crippen LogP contribution in [-0.2, 0) is 38.1 Å². The van der Waals surface area contributed by atoms with Crippen LogP contribution in [0.4, 0.5) is 0 Å². The van der Waals surface area contributed by atoms with Crippen LogP contribution < -0.4 is 11.3 Å². The minimum absolute atomic E-state index is 0.0771. The molecule has 2 unspecified atom stereocenters. The highest BCUT2D eigenvalue weighted by Crippen LogP contribution is 2.66. The van der Waals surface area contributed by atoms with Gasteiger partial charge in [0, 0.05) is 25.2 Å². The first-order valence-electron chi connectivity index (χ1n) is 7.74. The highest BCUT2D eigenvalue weighted by atomic mass is 31.3. The van der Waals surface area contributed by atoms with Gasteiger partial charge in [-0.25, -0.2) is 13.7 Å². The van der Waals surface area contributed by atoms with Gasteiger partial charge in [-0.3, -0.25) is 13.9 Å². The third kappa shape index (κ3) is 7.46. The highest BCUT2D eigenvalue weighted by molar-refractivity contribution is 7.66. The SMILES string of the molecule is NCc1ccn([C@H]2C[C@H](O)[C@@H](COP(=O)(O)OP(=O)(O)OP(=O)(O)O)O2)c(=O)c1. The molecule has 2 rings (SSSR count). The number of ether oxygens (including phenoxy) is 1. The molecule has 1 aromatic rings. The van der Waals surface area contributed by atoms with E-state index in [4.69, 9.17) is 25.2 Å². The molecule has 1 saturated heterocycles. The molecule has 0 amide bonds. The predicted octanol–water partition coefficient (Wildman–Crippen LogP) is -0.701. The quantitative estimate of drug-likeness (QED) is 0.240. The summed E-state index contributed by atoms with van der Waals surface area (Å²) >= 11 is 0. The molecule has 1 aromatic heterocycles. The van der Waals surface area contributed by atoms with E-state index in [9.17, 15) is 28.5 Å². The van der Waals surface area contributed by atoms with Crippen LogP contribution in [-0.4, -0.2) is 48.1 Å². The fourth-order valence-electron chi connectivity index (χ4n) is 2.40. The van der Waals surface area contributed by atoms with Gasteiger partial charge in [0.1, 0.15) is 12.3 Å². The Bertz CT molecular complexity index is 929. The first kappa shape index (κ1) is 24.5. The summed E-state index contributed by atoms with van der Waals surface area (Å²) in [4.78, 5) is 47.5. The lowest BCUT2D eigenvalue weighted by atomic mass is 10.2. The van der Waals surface area contributed by atoms with Crippen molar-refractivity contribution in [3.8, 4) is 0 Å². The van der Waals surface area contributed by atoms with Crippen LogP contribution in [0.15, 0.2) is 23.1 Å². The van der Waals surface area contributed by atoms with Crippen molar-refractivity contribution in [2.24, 2.45) is 5.73 Å². The number of rotatable bonds is 9. The Morgan fingerprint density at radius 3 is 2.38 bits per heavy atom. The molecule has 5 atom stereocenters. The molecule has 166 valence electrons. The summed E-state index contributed by atoms with van der Waals surface area (Å²) in [6.45, 7) is -0.677. The Kier molecular flexibility index (Phi) is 7.74. The van der Waals surface area contributed by atoms with E-state index < -0.39 is 54.1 Å². The van der Waals surface area contributed by atoms with Crippen molar-refractivity contribution >= 4 is 23.5 Å². The standard InChI is InChI=1S/C11H19N2O13P3/c12-5-7-1-2-13(10(15)3-7)11-4-8(14)9(24-11)6-23-28(19,20)26-29(21,22)25-27(16,17)18/h1-3,8-9,11,14H,4-6,12H2,(H,19,20)(H,21,22)(H2,16,17,18)/t8-,9+,11+/m0/s1. The number of hydrogen-bond donors (Lipinski definition) is 6. The third-order valence-electron chi connectivity index (χ3n) is 3.58. The molecular weight excluding hydrogens is 461 g/mol. The van der Waals surface area contributed by atoms with E-state index in [1.807, 2.05) is 0 Å². The van der Waals surface area contributed by atoms with Crippen LogP contribution in [0.25, 0.3) is 0 Å². The maximum absolute atomic E-state index is 12.1. The second kappa shape index (κ2) is 9.16. The van der Waals surface area contributed by atoms with Gasteiger partial charge in [0.25, 0.3) is 5.56 Å². The third-order valence-corrected chi connectivity index (χ3v) is 7.38. The van der Waals surface area contributed by atoms with Crippen LogP contribution in [0.1, 0.15) is 18.2 Å². The van der Waals surface area contributed by atoms with E-state index in [1.54, 1.807) is 6.07 Å². The highest BCUT2D eigenvalue weighted by Gasteiger charge is 2.42. The molecule has 0 saturated carbocycles. The Morgan fingerprint density at radius 2 is 1.83 bits per heavy atom. The van der Waals surface area contributed by atoms with Gasteiger partial charge in [-0.05, 0) is 11.6 Å². The van der Waals surface area contributed by atoms with Crippen molar-refractivity contribution in [2.45, 2.75) is 31.4 Å². The summed E-state index contributed by atoms with van der Waals surface area (Å²) in [6, 6.07) is 2.84. The largest absolute Gasteiger partial charge is 0.490 e. The first-order valence-corrected chi connectivity index (χ1v) is 12.3. The van der Waals surface area contributed by atoms with Crippen molar-refractivity contribution in [2.75, 3.05) is 6.61 Å². The van der Waals surface area contributed by atoms with Crippen molar-refractivity contribution in [1.29, 1.82) is 0 Å². The number of nitrogens with two attached hydrogens (primary N) is 1. The second-order valence-electron chi connectivity index (χ2n) is 5.80. The zero-order valence-corrected chi connectivity index (χ0v) is 17.1. The maximum Gasteiger partial charge on any atom is 0.490 e. The number of nitrogens with zero attached hydrogens (tertiary/aromatic N) is 1. The molecular formula is C11H19N2O13P3. The summed E-state index contributed by atoms with van der Waals surface area (Å²) < 4.78 is 51.6. The lowest BCUT2D eigenvalue weighted by Crippen LogP contribution is -2.27. The molecule has 15 nitrogen and oxygen atoms in total. The number of aliphatic hydroxyl groups excluding tert-OH is 1. The van der Waals surface area contributed by atoms with Gasteiger partial charge in [-0.15, -0.1) is 0 Å². The van der Waals surface area contributed by atoms with Crippen molar-refractivity contribution in [3.05, 3.63) is 34.2 Å². The van der Waals surface area contributed by atoms with Crippen LogP contribution in [0, 0.1) is 0 Å². The van der Waals surface area contributed by atoms with Crippen molar-refractivity contribution in [1.82, 2.24) is 4.57 Å². The zero-order chi connectivity index (χ0) is 22.0. The molecule has 18 heteroatoms. The first-order chi connectivity index (χ1) is 13.2. The smallest absolute Gasteiger partial charge is 0.390 e. The van der Waals surface area contributed by atoms with Crippen LogP contribution >= 0.6 is 23.5 Å². The Hall–Kier alpha value is -0.760. The maximum atomic E-state index is 12.1. The molecule has 0 radical (unpaired) electrons. The lowest BCUT2D eigenvalue weighted by molar-refractivity contribution is -0.0445. The number of aliphatic hydroxyl groups is 1. The van der Waals surface area contributed by atoms with Gasteiger partial charge in [-0.1, -0.05) is 0 Å². The van der Waals surface area contributed by atoms with Gasteiger partial charge in [0.15, 0.2) is 0 Å². The van der Waals surface area contributed by atoms with Gasteiger partial charge in [0.2, 0.25) is 0 Å². The van der Waals surface area contributed by atoms with Crippen LogP contribution in [0.5, 0.6) is 0 Å². The Labute approximate surface area is 163 Å². The fourth-order valence-corrected chi connectivity index (χ4v) is 5.43. The summed E-state index contributed by atoms with van der Waals surface area (Å²) in [6.07, 6.45) is -2.09. The average molecular weight is 480 g/mol. The van der Waals surface area contributed by atoms with Gasteiger partial charge in [0.05, 0.1) is 12.7 Å². The van der Waals surface area contributed by atoms with E-state index in [0.29, 0.717) is 5.56 Å². The Balaban J connectivity index is 1.99. The molecule has 0 spiro atoms. The minimum Gasteiger partial charge on any atom is -0.390 e. The van der Waals surface area contributed by atoms with E-state index >= 15 is 0 Å². The topological polar surface area (TPSA) is 237 Å². The average Bonchev–Trinajstić information content (AvgIpc) is 2.90. The zero-order valence-electron chi connectivity index (χ0n) is 14.5. The normalized spacial score (nSPS) is 26.8. The molecule has 1 aliphatic rings. The molecule has 0 bridgehead atoms. The van der Waals surface area contributed by atoms with E-state index in [2.05, 4.69) is 13.1 Å². The summed E-state index contributed by atoms with van der Waals surface area (Å²) in [5.74, 6) is 0. The number of hydrogen-bond acceptors (Lipinski definition) is 10. The molecule has 0 aliphatic carbocycles. The number of phosphoric acid groups is 3. The van der Waals surface area contributed by atoms with Crippen molar-refractivity contribution in [3.63, 3.8) is 0 Å². The number of pyridine rings is 1. The van der Waals surface area contributed by atoms with Gasteiger partial charge >= 0.3 is 23.5 Å². The van der Waals surface area contributed by atoms with Crippen LogP contribution in [0.3, 0.4) is 0 Å². The van der Waals surface area contributed by atoms with Gasteiger partial charge in [-0.2, -0.15) is 8.62 Å². The van der Waals surface area contributed by atoms with E-state index in [-0.39, 0.29) is 13.0 Å². The fraction of sp³-hybridized carbons (Fsp3) is 0.545. The molecule has 29 heavy (non-hydrogen) atoms. The molecule has 1 fully saturated rings. The van der Waals surface area contributed by atoms with Crippen LogP contribution in [0.2, 0.25) is 0 Å². The van der Waals surface area contributed by atoms with E-state index in [0.717, 1.165) is 4.57 Å². The Morgan fingerprint density at radius 1 is 1.17 bits per heavy atom. The lowest BCUT2D eigenvalue weighted by Gasteiger charge is -2.19. The van der Waals surface area contributed by atoms with Crippen molar-refractivity contribution < 1.29 is 56.3 Å². The molecule has 0 aromatic carbocycles.